The number of halogens is 1. The standard InChI is InChI=1S/C22H23FN2O2S/c1-15-5-3-6-16(13-15)24-9-11-25(12-10-24)22(26)21-17(14-27-2)20-18(23)7-4-8-19(20)28-21/h3-8,13H,9-12,14H2,1-2H3. The lowest BCUT2D eigenvalue weighted by molar-refractivity contribution is 0.0747. The van der Waals surface area contributed by atoms with E-state index < -0.39 is 0 Å². The number of hydrogen-bond donors (Lipinski definition) is 0. The number of fused-ring (bicyclic) bond motifs is 1. The molecule has 3 aromatic rings. The maximum Gasteiger partial charge on any atom is 0.264 e. The normalized spacial score (nSPS) is 14.7. The zero-order chi connectivity index (χ0) is 19.7. The molecule has 2 aromatic carbocycles. The maximum atomic E-state index is 14.4. The van der Waals surface area contributed by atoms with Crippen molar-refractivity contribution in [2.75, 3.05) is 38.2 Å². The number of benzene rings is 2. The highest BCUT2D eigenvalue weighted by atomic mass is 32.1. The molecule has 1 fully saturated rings. The number of aryl methyl sites for hydroxylation is 1. The van der Waals surface area contributed by atoms with E-state index in [1.807, 2.05) is 11.0 Å². The van der Waals surface area contributed by atoms with E-state index in [1.54, 1.807) is 13.2 Å². The molecule has 0 spiro atoms. The van der Waals surface area contributed by atoms with Gasteiger partial charge in [-0.2, -0.15) is 0 Å². The van der Waals surface area contributed by atoms with E-state index in [9.17, 15) is 9.18 Å². The van der Waals surface area contributed by atoms with Crippen LogP contribution in [0.2, 0.25) is 0 Å². The predicted octanol–water partition coefficient (Wildman–Crippen LogP) is 4.46. The second-order valence-corrected chi connectivity index (χ2v) is 8.13. The minimum atomic E-state index is -0.302. The van der Waals surface area contributed by atoms with E-state index in [-0.39, 0.29) is 18.3 Å². The first-order valence-corrected chi connectivity index (χ1v) is 10.2. The van der Waals surface area contributed by atoms with Crippen molar-refractivity contribution in [1.82, 2.24) is 4.90 Å². The van der Waals surface area contributed by atoms with E-state index in [1.165, 1.54) is 28.7 Å². The topological polar surface area (TPSA) is 32.8 Å². The second kappa shape index (κ2) is 7.89. The third-order valence-electron chi connectivity index (χ3n) is 5.18. The molecule has 0 unspecified atom stereocenters. The molecule has 146 valence electrons. The fourth-order valence-electron chi connectivity index (χ4n) is 3.76. The van der Waals surface area contributed by atoms with Gasteiger partial charge in [0.05, 0.1) is 11.5 Å². The number of nitrogens with zero attached hydrogens (tertiary/aromatic N) is 2. The molecule has 2 heterocycles. The fraction of sp³-hybridized carbons (Fsp3) is 0.318. The van der Waals surface area contributed by atoms with Crippen LogP contribution in [0.4, 0.5) is 10.1 Å². The van der Waals surface area contributed by atoms with Gasteiger partial charge in [-0.3, -0.25) is 4.79 Å². The van der Waals surface area contributed by atoms with Gasteiger partial charge in [0.2, 0.25) is 0 Å². The van der Waals surface area contributed by atoms with Crippen LogP contribution in [0.5, 0.6) is 0 Å². The van der Waals surface area contributed by atoms with Gasteiger partial charge in [0.1, 0.15) is 5.82 Å². The molecule has 1 aromatic heterocycles. The van der Waals surface area contributed by atoms with Crippen LogP contribution >= 0.6 is 11.3 Å². The number of carbonyl (C=O) groups is 1. The Kier molecular flexibility index (Phi) is 5.33. The first kappa shape index (κ1) is 18.9. The predicted molar refractivity (Wildman–Crippen MR) is 112 cm³/mol. The number of piperazine rings is 1. The summed E-state index contributed by atoms with van der Waals surface area (Å²) >= 11 is 1.35. The van der Waals surface area contributed by atoms with Gasteiger partial charge in [0, 0.05) is 54.6 Å². The molecule has 0 atom stereocenters. The van der Waals surface area contributed by atoms with Crippen molar-refractivity contribution in [3.8, 4) is 0 Å². The Balaban J connectivity index is 1.56. The van der Waals surface area contributed by atoms with Gasteiger partial charge >= 0.3 is 0 Å². The van der Waals surface area contributed by atoms with Crippen LogP contribution in [-0.2, 0) is 11.3 Å². The molecular weight excluding hydrogens is 375 g/mol. The van der Waals surface area contributed by atoms with E-state index >= 15 is 0 Å². The summed E-state index contributed by atoms with van der Waals surface area (Å²) in [7, 11) is 1.57. The first-order valence-electron chi connectivity index (χ1n) is 9.38. The van der Waals surface area contributed by atoms with Crippen LogP contribution < -0.4 is 4.90 Å². The largest absolute Gasteiger partial charge is 0.380 e. The van der Waals surface area contributed by atoms with Crippen LogP contribution in [-0.4, -0.2) is 44.1 Å². The van der Waals surface area contributed by atoms with Crippen LogP contribution in [0.15, 0.2) is 42.5 Å². The van der Waals surface area contributed by atoms with Crippen molar-refractivity contribution in [2.24, 2.45) is 0 Å². The highest BCUT2D eigenvalue weighted by molar-refractivity contribution is 7.21. The molecule has 6 heteroatoms. The van der Waals surface area contributed by atoms with Gasteiger partial charge in [0.15, 0.2) is 0 Å². The highest BCUT2D eigenvalue weighted by Crippen LogP contribution is 2.35. The average Bonchev–Trinajstić information content (AvgIpc) is 3.08. The smallest absolute Gasteiger partial charge is 0.264 e. The Morgan fingerprint density at radius 3 is 2.61 bits per heavy atom. The molecule has 1 saturated heterocycles. The van der Waals surface area contributed by atoms with Crippen molar-refractivity contribution in [1.29, 1.82) is 0 Å². The quantitative estimate of drug-likeness (QED) is 0.651. The molecule has 28 heavy (non-hydrogen) atoms. The summed E-state index contributed by atoms with van der Waals surface area (Å²) < 4.78 is 20.4. The number of amides is 1. The second-order valence-electron chi connectivity index (χ2n) is 7.07. The average molecular weight is 399 g/mol. The molecule has 0 radical (unpaired) electrons. The molecule has 4 nitrogen and oxygen atoms in total. The first-order chi connectivity index (χ1) is 13.6. The van der Waals surface area contributed by atoms with Gasteiger partial charge in [-0.1, -0.05) is 18.2 Å². The summed E-state index contributed by atoms with van der Waals surface area (Å²) in [6.07, 6.45) is 0. The number of rotatable bonds is 4. The Bertz CT molecular complexity index is 1010. The summed E-state index contributed by atoms with van der Waals surface area (Å²) in [5.74, 6) is -0.333. The van der Waals surface area contributed by atoms with Crippen molar-refractivity contribution in [2.45, 2.75) is 13.5 Å². The van der Waals surface area contributed by atoms with Crippen LogP contribution in [0.3, 0.4) is 0 Å². The number of methoxy groups -OCH3 is 1. The fourth-order valence-corrected chi connectivity index (χ4v) is 4.95. The Hall–Kier alpha value is -2.44. The van der Waals surface area contributed by atoms with Crippen LogP contribution in [0, 0.1) is 12.7 Å². The van der Waals surface area contributed by atoms with Gasteiger partial charge in [-0.05, 0) is 36.8 Å². The molecular formula is C22H23FN2O2S. The van der Waals surface area contributed by atoms with Crippen molar-refractivity contribution in [3.05, 3.63) is 64.3 Å². The number of anilines is 1. The van der Waals surface area contributed by atoms with Crippen LogP contribution in [0.1, 0.15) is 20.8 Å². The minimum absolute atomic E-state index is 0.0310. The highest BCUT2D eigenvalue weighted by Gasteiger charge is 2.27. The molecule has 0 N–H and O–H groups in total. The summed E-state index contributed by atoms with van der Waals surface area (Å²) in [5.41, 5.74) is 3.08. The molecule has 4 rings (SSSR count). The lowest BCUT2D eigenvalue weighted by Gasteiger charge is -2.36. The number of ether oxygens (including phenoxy) is 1. The maximum absolute atomic E-state index is 14.4. The van der Waals surface area contributed by atoms with Gasteiger partial charge < -0.3 is 14.5 Å². The summed E-state index contributed by atoms with van der Waals surface area (Å²) in [4.78, 5) is 18.0. The summed E-state index contributed by atoms with van der Waals surface area (Å²) in [6, 6.07) is 13.4. The lowest BCUT2D eigenvalue weighted by Crippen LogP contribution is -2.48. The molecule has 0 aliphatic carbocycles. The zero-order valence-corrected chi connectivity index (χ0v) is 16.9. The zero-order valence-electron chi connectivity index (χ0n) is 16.1. The third kappa shape index (κ3) is 3.50. The lowest BCUT2D eigenvalue weighted by atomic mass is 10.1. The van der Waals surface area contributed by atoms with E-state index in [0.717, 1.165) is 17.8 Å². The summed E-state index contributed by atoms with van der Waals surface area (Å²) in [5, 5.41) is 0.510. The van der Waals surface area contributed by atoms with Crippen molar-refractivity contribution in [3.63, 3.8) is 0 Å². The van der Waals surface area contributed by atoms with E-state index in [2.05, 4.69) is 36.1 Å². The Morgan fingerprint density at radius 1 is 1.14 bits per heavy atom. The van der Waals surface area contributed by atoms with Crippen molar-refractivity contribution >= 4 is 33.0 Å². The molecule has 0 bridgehead atoms. The summed E-state index contributed by atoms with van der Waals surface area (Å²) in [6.45, 7) is 5.18. The molecule has 0 saturated carbocycles. The molecule has 1 amide bonds. The van der Waals surface area contributed by atoms with Crippen molar-refractivity contribution < 1.29 is 13.9 Å². The molecule has 1 aliphatic rings. The van der Waals surface area contributed by atoms with Gasteiger partial charge in [0.25, 0.3) is 5.91 Å². The van der Waals surface area contributed by atoms with Gasteiger partial charge in [-0.15, -0.1) is 11.3 Å². The molecule has 1 aliphatic heterocycles. The number of carbonyl (C=O) groups excluding carboxylic acids is 1. The van der Waals surface area contributed by atoms with E-state index in [4.69, 9.17) is 4.74 Å². The Labute approximate surface area is 168 Å². The monoisotopic (exact) mass is 398 g/mol. The number of hydrogen-bond acceptors (Lipinski definition) is 4. The van der Waals surface area contributed by atoms with Crippen LogP contribution in [0.25, 0.3) is 10.1 Å². The number of thiophene rings is 1. The Morgan fingerprint density at radius 2 is 1.89 bits per heavy atom. The minimum Gasteiger partial charge on any atom is -0.380 e. The SMILES string of the molecule is COCc1c(C(=O)N2CCN(c3cccc(C)c3)CC2)sc2cccc(F)c12. The van der Waals surface area contributed by atoms with E-state index in [0.29, 0.717) is 28.9 Å². The third-order valence-corrected chi connectivity index (χ3v) is 6.37. The van der Waals surface area contributed by atoms with Gasteiger partial charge in [-0.25, -0.2) is 4.39 Å².